The van der Waals surface area contributed by atoms with E-state index in [-0.39, 0.29) is 5.91 Å². The van der Waals surface area contributed by atoms with E-state index in [4.69, 9.17) is 4.42 Å². The summed E-state index contributed by atoms with van der Waals surface area (Å²) in [5, 5.41) is 4.81. The lowest BCUT2D eigenvalue weighted by molar-refractivity contribution is 0.0954. The van der Waals surface area contributed by atoms with Crippen LogP contribution in [0.2, 0.25) is 0 Å². The first kappa shape index (κ1) is 13.1. The van der Waals surface area contributed by atoms with Crippen molar-refractivity contribution in [2.45, 2.75) is 19.3 Å². The van der Waals surface area contributed by atoms with Gasteiger partial charge in [-0.2, -0.15) is 0 Å². The Hall–Kier alpha value is -1.29. The zero-order chi connectivity index (χ0) is 12.8. The molecule has 18 heavy (non-hydrogen) atoms. The fourth-order valence-corrected chi connectivity index (χ4v) is 2.24. The molecule has 0 unspecified atom stereocenters. The van der Waals surface area contributed by atoms with Crippen molar-refractivity contribution in [3.63, 3.8) is 0 Å². The van der Waals surface area contributed by atoms with Crippen molar-refractivity contribution in [1.82, 2.24) is 5.32 Å². The average molecular weight is 310 g/mol. The van der Waals surface area contributed by atoms with Crippen LogP contribution in [-0.2, 0) is 0 Å². The van der Waals surface area contributed by atoms with Crippen LogP contribution in [0, 0.1) is 0 Å². The third kappa shape index (κ3) is 3.13. The van der Waals surface area contributed by atoms with Crippen molar-refractivity contribution in [1.29, 1.82) is 0 Å². The number of alkyl halides is 1. The molecule has 1 amide bonds. The fourth-order valence-electron chi connectivity index (χ4n) is 1.85. The molecule has 0 aliphatic heterocycles. The Morgan fingerprint density at radius 3 is 2.89 bits per heavy atom. The van der Waals surface area contributed by atoms with Gasteiger partial charge in [0.1, 0.15) is 11.8 Å². The Kier molecular flexibility index (Phi) is 4.81. The summed E-state index contributed by atoms with van der Waals surface area (Å²) in [6.07, 6.45) is 4.80. The number of halogens is 1. The molecule has 0 aliphatic carbocycles. The summed E-state index contributed by atoms with van der Waals surface area (Å²) in [4.78, 5) is 12.0. The Morgan fingerprint density at radius 1 is 1.22 bits per heavy atom. The van der Waals surface area contributed by atoms with E-state index in [9.17, 15) is 4.79 Å². The highest BCUT2D eigenvalue weighted by atomic mass is 79.9. The Morgan fingerprint density at radius 2 is 2.06 bits per heavy atom. The predicted octanol–water partition coefficient (Wildman–Crippen LogP) is 3.73. The van der Waals surface area contributed by atoms with Crippen LogP contribution >= 0.6 is 15.9 Å². The zero-order valence-electron chi connectivity index (χ0n) is 10.1. The van der Waals surface area contributed by atoms with E-state index in [0.29, 0.717) is 12.1 Å². The maximum absolute atomic E-state index is 12.0. The van der Waals surface area contributed by atoms with Gasteiger partial charge in [-0.05, 0) is 18.9 Å². The van der Waals surface area contributed by atoms with Gasteiger partial charge in [0.15, 0.2) is 0 Å². The lowest BCUT2D eigenvalue weighted by atomic mass is 10.1. The van der Waals surface area contributed by atoms with E-state index in [1.54, 1.807) is 0 Å². The van der Waals surface area contributed by atoms with E-state index in [1.165, 1.54) is 6.26 Å². The standard InChI is InChI=1S/C14H16BrNO2/c15-8-4-1-5-9-16-14(17)12-10-18-13-7-3-2-6-11(12)13/h2-3,6-7,10H,1,4-5,8-9H2,(H,16,17). The largest absolute Gasteiger partial charge is 0.463 e. The molecule has 3 nitrogen and oxygen atoms in total. The second-order valence-corrected chi connectivity index (χ2v) is 4.94. The van der Waals surface area contributed by atoms with Crippen molar-refractivity contribution in [3.05, 3.63) is 36.1 Å². The third-order valence-electron chi connectivity index (χ3n) is 2.82. The number of amides is 1. The van der Waals surface area contributed by atoms with Crippen molar-refractivity contribution in [3.8, 4) is 0 Å². The minimum Gasteiger partial charge on any atom is -0.463 e. The van der Waals surface area contributed by atoms with Crippen molar-refractivity contribution < 1.29 is 9.21 Å². The molecule has 0 bridgehead atoms. The van der Waals surface area contributed by atoms with Crippen LogP contribution in [0.15, 0.2) is 34.9 Å². The summed E-state index contributed by atoms with van der Waals surface area (Å²) in [5.74, 6) is -0.0567. The summed E-state index contributed by atoms with van der Waals surface area (Å²) in [5.41, 5.74) is 1.37. The Balaban J connectivity index is 1.93. The van der Waals surface area contributed by atoms with Crippen LogP contribution in [0.1, 0.15) is 29.6 Å². The molecule has 0 saturated heterocycles. The molecule has 1 heterocycles. The second-order valence-electron chi connectivity index (χ2n) is 4.15. The normalized spacial score (nSPS) is 10.7. The van der Waals surface area contributed by atoms with Gasteiger partial charge in [-0.25, -0.2) is 0 Å². The van der Waals surface area contributed by atoms with E-state index in [0.717, 1.165) is 35.6 Å². The monoisotopic (exact) mass is 309 g/mol. The number of furan rings is 1. The van der Waals surface area contributed by atoms with Crippen LogP contribution in [-0.4, -0.2) is 17.8 Å². The molecule has 96 valence electrons. The molecule has 2 rings (SSSR count). The van der Waals surface area contributed by atoms with Crippen LogP contribution in [0.4, 0.5) is 0 Å². The molecule has 0 fully saturated rings. The molecule has 0 atom stereocenters. The molecular formula is C14H16BrNO2. The van der Waals surface area contributed by atoms with Crippen LogP contribution in [0.3, 0.4) is 0 Å². The number of carbonyl (C=O) groups is 1. The number of hydrogen-bond donors (Lipinski definition) is 1. The number of fused-ring (bicyclic) bond motifs is 1. The first-order chi connectivity index (χ1) is 8.83. The number of nitrogens with one attached hydrogen (secondary N) is 1. The summed E-state index contributed by atoms with van der Waals surface area (Å²) < 4.78 is 5.35. The summed E-state index contributed by atoms with van der Waals surface area (Å²) in [6, 6.07) is 7.57. The maximum atomic E-state index is 12.0. The zero-order valence-corrected chi connectivity index (χ0v) is 11.7. The molecular weight excluding hydrogens is 294 g/mol. The third-order valence-corrected chi connectivity index (χ3v) is 3.38. The minimum atomic E-state index is -0.0567. The number of carbonyl (C=O) groups excluding carboxylic acids is 1. The maximum Gasteiger partial charge on any atom is 0.255 e. The number of hydrogen-bond acceptors (Lipinski definition) is 2. The van der Waals surface area contributed by atoms with Crippen molar-refractivity contribution in [2.75, 3.05) is 11.9 Å². The van der Waals surface area contributed by atoms with E-state index < -0.39 is 0 Å². The first-order valence-corrected chi connectivity index (χ1v) is 7.25. The molecule has 0 saturated carbocycles. The number of rotatable bonds is 6. The first-order valence-electron chi connectivity index (χ1n) is 6.13. The van der Waals surface area contributed by atoms with Gasteiger partial charge in [0, 0.05) is 17.3 Å². The summed E-state index contributed by atoms with van der Waals surface area (Å²) in [7, 11) is 0. The quantitative estimate of drug-likeness (QED) is 0.652. The highest BCUT2D eigenvalue weighted by molar-refractivity contribution is 9.09. The SMILES string of the molecule is O=C(NCCCCCBr)c1coc2ccccc12. The molecule has 1 N–H and O–H groups in total. The lowest BCUT2D eigenvalue weighted by Crippen LogP contribution is -2.24. The molecule has 1 aromatic heterocycles. The number of benzene rings is 1. The van der Waals surface area contributed by atoms with Gasteiger partial charge in [0.2, 0.25) is 0 Å². The van der Waals surface area contributed by atoms with Gasteiger partial charge >= 0.3 is 0 Å². The topological polar surface area (TPSA) is 42.2 Å². The highest BCUT2D eigenvalue weighted by Gasteiger charge is 2.12. The van der Waals surface area contributed by atoms with Gasteiger partial charge in [-0.3, -0.25) is 4.79 Å². The van der Waals surface area contributed by atoms with Gasteiger partial charge in [0.25, 0.3) is 5.91 Å². The average Bonchev–Trinajstić information content (AvgIpc) is 2.82. The molecule has 1 aromatic carbocycles. The Bertz CT molecular complexity index is 521. The van der Waals surface area contributed by atoms with Gasteiger partial charge in [0.05, 0.1) is 5.56 Å². The van der Waals surface area contributed by atoms with E-state index >= 15 is 0 Å². The molecule has 4 heteroatoms. The smallest absolute Gasteiger partial charge is 0.255 e. The summed E-state index contributed by atoms with van der Waals surface area (Å²) >= 11 is 3.39. The molecule has 0 radical (unpaired) electrons. The molecule has 2 aromatic rings. The number of para-hydroxylation sites is 1. The van der Waals surface area contributed by atoms with Gasteiger partial charge < -0.3 is 9.73 Å². The van der Waals surface area contributed by atoms with Gasteiger partial charge in [-0.1, -0.05) is 40.5 Å². The second kappa shape index (κ2) is 6.59. The van der Waals surface area contributed by atoms with E-state index in [1.807, 2.05) is 24.3 Å². The van der Waals surface area contributed by atoms with Crippen LogP contribution < -0.4 is 5.32 Å². The highest BCUT2D eigenvalue weighted by Crippen LogP contribution is 2.20. The Labute approximate surface area is 115 Å². The lowest BCUT2D eigenvalue weighted by Gasteiger charge is -2.03. The summed E-state index contributed by atoms with van der Waals surface area (Å²) in [6.45, 7) is 0.714. The van der Waals surface area contributed by atoms with E-state index in [2.05, 4.69) is 21.2 Å². The fraction of sp³-hybridized carbons (Fsp3) is 0.357. The predicted molar refractivity (Wildman–Crippen MR) is 76.2 cm³/mol. The van der Waals surface area contributed by atoms with Crippen molar-refractivity contribution in [2.24, 2.45) is 0 Å². The minimum absolute atomic E-state index is 0.0567. The van der Waals surface area contributed by atoms with Crippen molar-refractivity contribution >= 4 is 32.8 Å². The molecule has 0 spiro atoms. The van der Waals surface area contributed by atoms with Crippen LogP contribution in [0.25, 0.3) is 11.0 Å². The molecule has 0 aliphatic rings. The van der Waals surface area contributed by atoms with Gasteiger partial charge in [-0.15, -0.1) is 0 Å². The van der Waals surface area contributed by atoms with Crippen LogP contribution in [0.5, 0.6) is 0 Å². The number of unbranched alkanes of at least 4 members (excludes halogenated alkanes) is 2.